The van der Waals surface area contributed by atoms with Gasteiger partial charge < -0.3 is 14.7 Å². The maximum absolute atomic E-state index is 11.8. The number of anilines is 1. The number of thioether (sulfide) groups is 1. The summed E-state index contributed by atoms with van der Waals surface area (Å²) in [5, 5.41) is 10.9. The third kappa shape index (κ3) is 5.58. The smallest absolute Gasteiger partial charge is 0.362 e. The summed E-state index contributed by atoms with van der Waals surface area (Å²) < 4.78 is 38.9. The molecule has 0 radical (unpaired) electrons. The minimum absolute atomic E-state index is 0.00690. The summed E-state index contributed by atoms with van der Waals surface area (Å²) in [5.74, 6) is -0.858. The minimum atomic E-state index is -4.16. The highest BCUT2D eigenvalue weighted by Gasteiger charge is 2.31. The number of carboxylic acid groups (broad SMARTS) is 1. The highest BCUT2D eigenvalue weighted by molar-refractivity contribution is 8.03. The number of carbonyl (C=O) groups is 1. The minimum Gasteiger partial charge on any atom is -0.480 e. The highest BCUT2D eigenvalue weighted by atomic mass is 35.5. The van der Waals surface area contributed by atoms with Crippen molar-refractivity contribution in [3.8, 4) is 0 Å². The number of aliphatic carboxylic acids is 1. The van der Waals surface area contributed by atoms with Gasteiger partial charge in [-0.3, -0.25) is 9.35 Å². The first-order chi connectivity index (χ1) is 17.6. The predicted octanol–water partition coefficient (Wildman–Crippen LogP) is 4.25. The Morgan fingerprint density at radius 2 is 2.05 bits per heavy atom. The monoisotopic (exact) mass is 598 g/mol. The molecule has 5 rings (SSSR count). The molecule has 1 aromatic carbocycles. The molecule has 0 fully saturated rings. The molecule has 0 unspecified atom stereocenters. The molecule has 190 valence electrons. The van der Waals surface area contributed by atoms with Gasteiger partial charge in [-0.25, -0.2) is 9.55 Å². The second-order valence-electron chi connectivity index (χ2n) is 7.82. The molecule has 2 aliphatic rings. The molecule has 0 aliphatic carbocycles. The molecule has 4 heterocycles. The molecule has 15 heteroatoms. The van der Waals surface area contributed by atoms with Crippen molar-refractivity contribution >= 4 is 90.4 Å². The van der Waals surface area contributed by atoms with E-state index in [9.17, 15) is 18.3 Å². The van der Waals surface area contributed by atoms with Crippen LogP contribution >= 0.6 is 46.3 Å². The van der Waals surface area contributed by atoms with Crippen molar-refractivity contribution in [2.45, 2.75) is 17.9 Å². The number of fused-ring (bicyclic) bond motifs is 2. The zero-order valence-corrected chi connectivity index (χ0v) is 22.6. The number of benzene rings is 1. The van der Waals surface area contributed by atoms with Crippen molar-refractivity contribution in [2.75, 3.05) is 17.2 Å². The van der Waals surface area contributed by atoms with E-state index in [1.807, 2.05) is 18.2 Å². The Morgan fingerprint density at radius 3 is 2.76 bits per heavy atom. The number of nitrogens with zero attached hydrogens (tertiary/aromatic N) is 4. The fraction of sp³-hybridized carbons (Fsp3) is 0.182. The van der Waals surface area contributed by atoms with E-state index in [0.717, 1.165) is 10.5 Å². The van der Waals surface area contributed by atoms with Gasteiger partial charge in [0.25, 0.3) is 27.3 Å². The lowest BCUT2D eigenvalue weighted by Crippen LogP contribution is -2.37. The molecule has 0 saturated heterocycles. The van der Waals surface area contributed by atoms with Crippen molar-refractivity contribution in [3.63, 3.8) is 0 Å². The number of thiazole rings is 1. The molecule has 3 aromatic rings. The van der Waals surface area contributed by atoms with Gasteiger partial charge in [0.2, 0.25) is 10.9 Å². The quantitative estimate of drug-likeness (QED) is 0.220. The molecule has 0 spiro atoms. The van der Waals surface area contributed by atoms with Gasteiger partial charge in [0.05, 0.1) is 23.0 Å². The molecule has 2 N–H and O–H groups in total. The van der Waals surface area contributed by atoms with Gasteiger partial charge in [-0.05, 0) is 34.8 Å². The summed E-state index contributed by atoms with van der Waals surface area (Å²) >= 11 is 14.8. The van der Waals surface area contributed by atoms with E-state index in [1.54, 1.807) is 21.6 Å². The Hall–Kier alpha value is -2.77. The first-order valence-corrected chi connectivity index (χ1v) is 14.6. The van der Waals surface area contributed by atoms with Crippen molar-refractivity contribution < 1.29 is 32.2 Å². The van der Waals surface area contributed by atoms with Crippen molar-refractivity contribution in [3.05, 3.63) is 62.5 Å². The number of ether oxygens (including phenoxy) is 1. The van der Waals surface area contributed by atoms with E-state index in [4.69, 9.17) is 32.5 Å². The average molecular weight is 599 g/mol. The number of halogens is 2. The van der Waals surface area contributed by atoms with Crippen LogP contribution in [0.2, 0.25) is 10.3 Å². The second-order valence-corrected chi connectivity index (χ2v) is 12.2. The maximum Gasteiger partial charge on any atom is 0.362 e. The van der Waals surface area contributed by atoms with Crippen LogP contribution in [0.5, 0.6) is 0 Å². The van der Waals surface area contributed by atoms with Crippen molar-refractivity contribution in [1.29, 1.82) is 0 Å². The third-order valence-electron chi connectivity index (χ3n) is 5.30. The van der Waals surface area contributed by atoms with E-state index in [-0.39, 0.29) is 29.8 Å². The van der Waals surface area contributed by atoms with Crippen LogP contribution in [-0.2, 0) is 26.2 Å². The number of rotatable bonds is 8. The zero-order valence-electron chi connectivity index (χ0n) is 18.6. The van der Waals surface area contributed by atoms with Crippen LogP contribution in [0.3, 0.4) is 0 Å². The molecule has 0 saturated carbocycles. The molecule has 2 aromatic heterocycles. The molecule has 0 bridgehead atoms. The Bertz CT molecular complexity index is 1630. The fourth-order valence-electron chi connectivity index (χ4n) is 3.76. The Labute approximate surface area is 229 Å². The number of allylic oxidation sites excluding steroid dienone is 2. The number of hydrogen-bond acceptors (Lipinski definition) is 9. The SMILES string of the molecule is O=C(O)CN1C(=Cc2sc3nc(Cl)c(Cl)nc3[n+]2CCCS(=O)(=O)O)Sc2ccc(C3=C[C+]=CO3)cc21. The number of hydrogen-bond donors (Lipinski definition) is 2. The van der Waals surface area contributed by atoms with E-state index in [1.165, 1.54) is 29.4 Å². The average Bonchev–Trinajstić information content (AvgIpc) is 3.53. The summed E-state index contributed by atoms with van der Waals surface area (Å²) in [4.78, 5) is 23.3. The van der Waals surface area contributed by atoms with Crippen LogP contribution in [0.15, 0.2) is 40.5 Å². The molecular formula is C22H16Cl2N4O6S3+2. The summed E-state index contributed by atoms with van der Waals surface area (Å²) in [5.41, 5.74) is 1.87. The second kappa shape index (κ2) is 10.2. The van der Waals surface area contributed by atoms with Crippen LogP contribution in [0.1, 0.15) is 17.0 Å². The van der Waals surface area contributed by atoms with Crippen LogP contribution in [0.25, 0.3) is 22.3 Å². The standard InChI is InChI=1S/C22H14Cl2N4O6S3/c23-19-20(24)26-22-21(25-19)27(6-2-8-37(31,32)33)16(36-22)10-17-28(11-18(29)30)13-9-12(4-5-15(13)35-17)14-3-1-7-34-14/h3-5,7,9-10H,2,6,8,11H2/p+2. The molecule has 10 nitrogen and oxygen atoms in total. The lowest BCUT2D eigenvalue weighted by molar-refractivity contribution is -0.670. The van der Waals surface area contributed by atoms with Gasteiger partial charge in [-0.2, -0.15) is 8.42 Å². The van der Waals surface area contributed by atoms with Crippen LogP contribution < -0.4 is 9.47 Å². The number of carboxylic acids is 1. The van der Waals surface area contributed by atoms with Crippen molar-refractivity contribution in [2.24, 2.45) is 0 Å². The first kappa shape index (κ1) is 25.9. The van der Waals surface area contributed by atoms with Gasteiger partial charge in [0, 0.05) is 17.4 Å². The van der Waals surface area contributed by atoms with Gasteiger partial charge in [0.1, 0.15) is 18.2 Å². The molecular weight excluding hydrogens is 583 g/mol. The predicted molar refractivity (Wildman–Crippen MR) is 141 cm³/mol. The summed E-state index contributed by atoms with van der Waals surface area (Å²) in [6.45, 7) is -0.109. The van der Waals surface area contributed by atoms with E-state index >= 15 is 0 Å². The highest BCUT2D eigenvalue weighted by Crippen LogP contribution is 2.48. The first-order valence-electron chi connectivity index (χ1n) is 10.6. The van der Waals surface area contributed by atoms with E-state index in [2.05, 4.69) is 16.0 Å². The van der Waals surface area contributed by atoms with Crippen molar-refractivity contribution in [1.82, 2.24) is 9.97 Å². The molecule has 37 heavy (non-hydrogen) atoms. The number of aryl methyl sites for hydroxylation is 1. The lowest BCUT2D eigenvalue weighted by atomic mass is 10.1. The Balaban J connectivity index is 1.57. The Morgan fingerprint density at radius 1 is 1.27 bits per heavy atom. The molecule has 2 aliphatic heterocycles. The normalized spacial score (nSPS) is 15.7. The maximum atomic E-state index is 11.8. The largest absolute Gasteiger partial charge is 0.480 e. The van der Waals surface area contributed by atoms with E-state index in [0.29, 0.717) is 32.0 Å². The van der Waals surface area contributed by atoms with Crippen LogP contribution in [0, 0.1) is 6.08 Å². The molecule has 0 atom stereocenters. The van der Waals surface area contributed by atoms with Gasteiger partial charge in [0.15, 0.2) is 10.2 Å². The van der Waals surface area contributed by atoms with Crippen LogP contribution in [-0.4, -0.2) is 46.3 Å². The lowest BCUT2D eigenvalue weighted by Gasteiger charge is -2.17. The summed E-state index contributed by atoms with van der Waals surface area (Å²) in [6.07, 6.45) is 7.89. The van der Waals surface area contributed by atoms with Gasteiger partial charge in [-0.1, -0.05) is 34.7 Å². The zero-order chi connectivity index (χ0) is 26.3. The van der Waals surface area contributed by atoms with Gasteiger partial charge >= 0.3 is 11.6 Å². The summed E-state index contributed by atoms with van der Waals surface area (Å²) in [6, 6.07) is 5.63. The molecule has 0 amide bonds. The fourth-order valence-corrected chi connectivity index (χ4v) is 6.75. The van der Waals surface area contributed by atoms with Gasteiger partial charge in [-0.15, -0.1) is 0 Å². The van der Waals surface area contributed by atoms with Crippen LogP contribution in [0.4, 0.5) is 5.69 Å². The third-order valence-corrected chi connectivity index (χ3v) is 8.85. The van der Waals surface area contributed by atoms with E-state index < -0.39 is 21.8 Å². The Kier molecular flexibility index (Phi) is 7.12. The topological polar surface area (TPSA) is 134 Å². The summed E-state index contributed by atoms with van der Waals surface area (Å²) in [7, 11) is -4.16. The number of aromatic nitrogens is 3.